The van der Waals surface area contributed by atoms with Gasteiger partial charge in [-0.3, -0.25) is 4.90 Å². The van der Waals surface area contributed by atoms with Crippen LogP contribution in [0.15, 0.2) is 21.4 Å². The normalized spacial score (nSPS) is 15.5. The van der Waals surface area contributed by atoms with Crippen LogP contribution >= 0.6 is 27.3 Å². The maximum atomic E-state index is 13.9. The van der Waals surface area contributed by atoms with Gasteiger partial charge in [-0.2, -0.15) is 0 Å². The second-order valence-electron chi connectivity index (χ2n) is 4.85. The molecule has 2 aromatic rings. The Hall–Kier alpha value is -0.780. The fourth-order valence-corrected chi connectivity index (χ4v) is 3.58. The summed E-state index contributed by atoms with van der Waals surface area (Å²) in [4.78, 5) is 6.60. The molecule has 19 heavy (non-hydrogen) atoms. The minimum Gasteiger partial charge on any atom is -0.293 e. The van der Waals surface area contributed by atoms with Crippen molar-refractivity contribution in [1.82, 2.24) is 9.88 Å². The van der Waals surface area contributed by atoms with Crippen LogP contribution in [-0.2, 0) is 19.5 Å². The molecule has 1 aliphatic rings. The van der Waals surface area contributed by atoms with Crippen LogP contribution in [0.25, 0.3) is 0 Å². The minimum absolute atomic E-state index is 0.0809. The highest BCUT2D eigenvalue weighted by Gasteiger charge is 2.21. The van der Waals surface area contributed by atoms with Gasteiger partial charge in [0.1, 0.15) is 5.82 Å². The molecule has 100 valence electrons. The minimum atomic E-state index is -0.0809. The van der Waals surface area contributed by atoms with Gasteiger partial charge in [-0.25, -0.2) is 9.37 Å². The third-order valence-electron chi connectivity index (χ3n) is 3.63. The predicted molar refractivity (Wildman–Crippen MR) is 78.8 cm³/mol. The number of nitrogens with zero attached hydrogens (tertiary/aromatic N) is 2. The molecular formula is C14H14BrFN2S. The first-order chi connectivity index (χ1) is 9.15. The lowest BCUT2D eigenvalue weighted by molar-refractivity contribution is 0.238. The molecule has 0 aliphatic carbocycles. The van der Waals surface area contributed by atoms with Crippen LogP contribution < -0.4 is 0 Å². The van der Waals surface area contributed by atoms with Crippen LogP contribution in [0.5, 0.6) is 0 Å². The molecule has 1 aromatic carbocycles. The highest BCUT2D eigenvalue weighted by atomic mass is 79.9. The van der Waals surface area contributed by atoms with Crippen LogP contribution in [0.4, 0.5) is 4.39 Å². The van der Waals surface area contributed by atoms with E-state index < -0.39 is 0 Å². The molecule has 0 unspecified atom stereocenters. The highest BCUT2D eigenvalue weighted by molar-refractivity contribution is 9.11. The zero-order valence-corrected chi connectivity index (χ0v) is 13.0. The quantitative estimate of drug-likeness (QED) is 0.823. The molecule has 0 amide bonds. The average Bonchev–Trinajstić information content (AvgIpc) is 2.80. The summed E-state index contributed by atoms with van der Waals surface area (Å²) in [5.74, 6) is -0.0809. The number of hydrogen-bond donors (Lipinski definition) is 0. The topological polar surface area (TPSA) is 16.1 Å². The van der Waals surface area contributed by atoms with Gasteiger partial charge in [-0.1, -0.05) is 6.07 Å². The predicted octanol–water partition coefficient (Wildman–Crippen LogP) is 3.91. The Kier molecular flexibility index (Phi) is 3.69. The Balaban J connectivity index is 1.83. The summed E-state index contributed by atoms with van der Waals surface area (Å²) in [5, 5.41) is 0. The first kappa shape index (κ1) is 13.2. The summed E-state index contributed by atoms with van der Waals surface area (Å²) < 4.78 is 15.0. The lowest BCUT2D eigenvalue weighted by Crippen LogP contribution is -2.31. The van der Waals surface area contributed by atoms with Crippen molar-refractivity contribution in [2.75, 3.05) is 6.54 Å². The molecule has 1 aliphatic heterocycles. The fourth-order valence-electron chi connectivity index (χ4n) is 2.58. The van der Waals surface area contributed by atoms with E-state index in [9.17, 15) is 4.39 Å². The Morgan fingerprint density at radius 2 is 2.26 bits per heavy atom. The summed E-state index contributed by atoms with van der Waals surface area (Å²) in [6.07, 6.45) is 0.917. The highest BCUT2D eigenvalue weighted by Crippen LogP contribution is 2.27. The van der Waals surface area contributed by atoms with Crippen molar-refractivity contribution >= 4 is 27.3 Å². The van der Waals surface area contributed by atoms with Crippen LogP contribution in [0.3, 0.4) is 0 Å². The Labute approximate surface area is 124 Å². The van der Waals surface area contributed by atoms with Gasteiger partial charge in [-0.15, -0.1) is 11.3 Å². The van der Waals surface area contributed by atoms with Crippen LogP contribution in [-0.4, -0.2) is 16.4 Å². The summed E-state index contributed by atoms with van der Waals surface area (Å²) in [7, 11) is 0. The lowest BCUT2D eigenvalue weighted by Gasteiger charge is -2.29. The maximum Gasteiger partial charge on any atom is 0.127 e. The van der Waals surface area contributed by atoms with E-state index in [4.69, 9.17) is 0 Å². The van der Waals surface area contributed by atoms with Crippen molar-refractivity contribution in [2.45, 2.75) is 26.4 Å². The van der Waals surface area contributed by atoms with Crippen molar-refractivity contribution in [2.24, 2.45) is 0 Å². The number of rotatable bonds is 2. The Bertz CT molecular complexity index is 611. The van der Waals surface area contributed by atoms with E-state index in [1.165, 1.54) is 11.1 Å². The third kappa shape index (κ3) is 2.59. The number of aromatic nitrogens is 1. The van der Waals surface area contributed by atoms with Gasteiger partial charge < -0.3 is 0 Å². The van der Waals surface area contributed by atoms with E-state index in [0.29, 0.717) is 6.54 Å². The summed E-state index contributed by atoms with van der Waals surface area (Å²) in [6.45, 7) is 4.47. The second-order valence-corrected chi connectivity index (χ2v) is 7.03. The second kappa shape index (κ2) is 5.31. The van der Waals surface area contributed by atoms with Gasteiger partial charge in [0.05, 0.1) is 15.0 Å². The van der Waals surface area contributed by atoms with Crippen LogP contribution in [0.2, 0.25) is 0 Å². The monoisotopic (exact) mass is 340 g/mol. The van der Waals surface area contributed by atoms with Crippen molar-refractivity contribution in [3.63, 3.8) is 0 Å². The van der Waals surface area contributed by atoms with Crippen molar-refractivity contribution in [3.8, 4) is 0 Å². The molecule has 3 rings (SSSR count). The van der Waals surface area contributed by atoms with Crippen molar-refractivity contribution in [1.29, 1.82) is 0 Å². The van der Waals surface area contributed by atoms with Gasteiger partial charge in [-0.05, 0) is 46.5 Å². The first-order valence-electron chi connectivity index (χ1n) is 6.22. The number of hydrogen-bond acceptors (Lipinski definition) is 3. The first-order valence-corrected chi connectivity index (χ1v) is 7.89. The van der Waals surface area contributed by atoms with E-state index in [1.54, 1.807) is 17.4 Å². The fraction of sp³-hybridized carbons (Fsp3) is 0.357. The summed E-state index contributed by atoms with van der Waals surface area (Å²) in [5.41, 5.74) is 6.13. The molecule has 0 radical (unpaired) electrons. The molecular weight excluding hydrogens is 327 g/mol. The third-order valence-corrected chi connectivity index (χ3v) is 5.30. The number of benzene rings is 1. The van der Waals surface area contributed by atoms with Crippen molar-refractivity contribution < 1.29 is 4.39 Å². The van der Waals surface area contributed by atoms with E-state index in [2.05, 4.69) is 32.7 Å². The standard InChI is InChI=1S/C14H14BrFN2S/c1-9-2-3-12(16)11-6-18(5-4-10(9)11)7-13-14(15)19-8-17-13/h2-3,8H,4-7H2,1H3. The zero-order chi connectivity index (χ0) is 13.4. The molecule has 5 heteroatoms. The van der Waals surface area contributed by atoms with E-state index in [0.717, 1.165) is 34.6 Å². The molecule has 2 nitrogen and oxygen atoms in total. The van der Waals surface area contributed by atoms with Gasteiger partial charge in [0, 0.05) is 25.2 Å². The Morgan fingerprint density at radius 3 is 3.00 bits per heavy atom. The summed E-state index contributed by atoms with van der Waals surface area (Å²) in [6, 6.07) is 3.46. The molecule has 1 aromatic heterocycles. The summed E-state index contributed by atoms with van der Waals surface area (Å²) >= 11 is 5.10. The number of aryl methyl sites for hydroxylation is 1. The molecule has 0 saturated heterocycles. The SMILES string of the molecule is Cc1ccc(F)c2c1CCN(Cc1ncsc1Br)C2. The molecule has 0 N–H and O–H groups in total. The van der Waals surface area contributed by atoms with Gasteiger partial charge >= 0.3 is 0 Å². The lowest BCUT2D eigenvalue weighted by atomic mass is 9.94. The van der Waals surface area contributed by atoms with Crippen LogP contribution in [0, 0.1) is 12.7 Å². The average molecular weight is 341 g/mol. The molecule has 0 spiro atoms. The van der Waals surface area contributed by atoms with Crippen molar-refractivity contribution in [3.05, 3.63) is 49.6 Å². The molecule has 0 atom stereocenters. The van der Waals surface area contributed by atoms with Gasteiger partial charge in [0.15, 0.2) is 0 Å². The van der Waals surface area contributed by atoms with E-state index in [1.807, 2.05) is 11.6 Å². The number of fused-ring (bicyclic) bond motifs is 1. The van der Waals surface area contributed by atoms with Crippen LogP contribution in [0.1, 0.15) is 22.4 Å². The maximum absolute atomic E-state index is 13.9. The number of halogens is 2. The van der Waals surface area contributed by atoms with E-state index in [-0.39, 0.29) is 5.82 Å². The largest absolute Gasteiger partial charge is 0.293 e. The molecule has 0 bridgehead atoms. The number of thiazole rings is 1. The molecule has 2 heterocycles. The van der Waals surface area contributed by atoms with Gasteiger partial charge in [0.2, 0.25) is 0 Å². The Morgan fingerprint density at radius 1 is 1.42 bits per heavy atom. The van der Waals surface area contributed by atoms with E-state index >= 15 is 0 Å². The smallest absolute Gasteiger partial charge is 0.127 e. The van der Waals surface area contributed by atoms with Gasteiger partial charge in [0.25, 0.3) is 0 Å². The molecule has 0 saturated carbocycles. The molecule has 0 fully saturated rings. The zero-order valence-electron chi connectivity index (χ0n) is 10.6.